The van der Waals surface area contributed by atoms with Crippen LogP contribution >= 0.6 is 0 Å². The first-order valence-electron chi connectivity index (χ1n) is 10.0. The van der Waals surface area contributed by atoms with Crippen LogP contribution in [0.2, 0.25) is 0 Å². The number of ether oxygens (including phenoxy) is 3. The number of hydrogen-bond donors (Lipinski definition) is 1. The highest BCUT2D eigenvalue weighted by atomic mass is 16.5. The number of hydrogen-bond acceptors (Lipinski definition) is 4. The molecule has 0 aliphatic rings. The van der Waals surface area contributed by atoms with Gasteiger partial charge >= 0.3 is 0 Å². The number of nitrogens with one attached hydrogen (secondary N) is 1. The van der Waals surface area contributed by atoms with Crippen molar-refractivity contribution in [3.05, 3.63) is 65.9 Å². The van der Waals surface area contributed by atoms with Crippen molar-refractivity contribution in [3.63, 3.8) is 0 Å². The third kappa shape index (κ3) is 7.53. The Morgan fingerprint density at radius 2 is 1.93 bits per heavy atom. The number of rotatable bonds is 12. The van der Waals surface area contributed by atoms with E-state index in [0.717, 1.165) is 36.3 Å². The van der Waals surface area contributed by atoms with Gasteiger partial charge in [0.1, 0.15) is 17.2 Å². The zero-order valence-electron chi connectivity index (χ0n) is 17.6. The summed E-state index contributed by atoms with van der Waals surface area (Å²) in [4.78, 5) is 12.5. The Labute approximate surface area is 173 Å². The van der Waals surface area contributed by atoms with Gasteiger partial charge in [-0.05, 0) is 49.6 Å². The van der Waals surface area contributed by atoms with Crippen LogP contribution in [0.4, 0.5) is 0 Å². The van der Waals surface area contributed by atoms with Gasteiger partial charge in [-0.2, -0.15) is 0 Å². The molecule has 0 aliphatic heterocycles. The number of carbonyl (C=O) groups excluding carboxylic acids is 1. The molecule has 0 unspecified atom stereocenters. The summed E-state index contributed by atoms with van der Waals surface area (Å²) in [5.41, 5.74) is 1.59. The molecule has 0 radical (unpaired) electrons. The minimum absolute atomic E-state index is 0.120. The van der Waals surface area contributed by atoms with Gasteiger partial charge in [0.2, 0.25) is 0 Å². The Kier molecular flexibility index (Phi) is 9.09. The van der Waals surface area contributed by atoms with Gasteiger partial charge in [0, 0.05) is 18.2 Å². The maximum Gasteiger partial charge on any atom is 0.251 e. The quantitative estimate of drug-likeness (QED) is 0.397. The molecule has 0 bridgehead atoms. The standard InChI is InChI=1S/C24H31NO4/c1-5-6-7-15-28-21-10-8-9-20(16-21)24(26)25-14-13-19-11-12-22(29-18(2)3)17-23(19)27-4/h8-12,16-17H,2,5-7,13-15H2,1,3-4H3,(H,25,26). The largest absolute Gasteiger partial charge is 0.496 e. The molecule has 5 nitrogen and oxygen atoms in total. The molecule has 5 heteroatoms. The van der Waals surface area contributed by atoms with Crippen LogP contribution in [0.25, 0.3) is 0 Å². The van der Waals surface area contributed by atoms with Crippen LogP contribution in [0.15, 0.2) is 54.8 Å². The molecule has 0 atom stereocenters. The second-order valence-corrected chi connectivity index (χ2v) is 6.87. The molecule has 0 spiro atoms. The number of amides is 1. The summed E-state index contributed by atoms with van der Waals surface area (Å²) < 4.78 is 16.7. The summed E-state index contributed by atoms with van der Waals surface area (Å²) in [6.45, 7) is 8.86. The summed E-state index contributed by atoms with van der Waals surface area (Å²) in [6, 6.07) is 12.9. The van der Waals surface area contributed by atoms with E-state index in [9.17, 15) is 4.79 Å². The Morgan fingerprint density at radius 1 is 1.10 bits per heavy atom. The Hall–Kier alpha value is -2.95. The Morgan fingerprint density at radius 3 is 2.66 bits per heavy atom. The number of carbonyl (C=O) groups is 1. The van der Waals surface area contributed by atoms with Crippen LogP contribution in [0.5, 0.6) is 17.2 Å². The molecule has 1 N–H and O–H groups in total. The zero-order chi connectivity index (χ0) is 21.1. The topological polar surface area (TPSA) is 56.8 Å². The van der Waals surface area contributed by atoms with Gasteiger partial charge in [-0.1, -0.05) is 38.5 Å². The first-order valence-corrected chi connectivity index (χ1v) is 10.0. The van der Waals surface area contributed by atoms with Gasteiger partial charge < -0.3 is 19.5 Å². The minimum Gasteiger partial charge on any atom is -0.496 e. The molecule has 156 valence electrons. The Balaban J connectivity index is 1.88. The fourth-order valence-corrected chi connectivity index (χ4v) is 2.88. The van der Waals surface area contributed by atoms with Crippen molar-refractivity contribution < 1.29 is 19.0 Å². The monoisotopic (exact) mass is 397 g/mol. The molecule has 29 heavy (non-hydrogen) atoms. The normalized spacial score (nSPS) is 10.3. The lowest BCUT2D eigenvalue weighted by molar-refractivity contribution is 0.0953. The van der Waals surface area contributed by atoms with Crippen molar-refractivity contribution in [2.75, 3.05) is 20.3 Å². The summed E-state index contributed by atoms with van der Waals surface area (Å²) in [6.07, 6.45) is 3.96. The lowest BCUT2D eigenvalue weighted by Crippen LogP contribution is -2.25. The predicted molar refractivity (Wildman–Crippen MR) is 116 cm³/mol. The summed E-state index contributed by atoms with van der Waals surface area (Å²) in [5.74, 6) is 2.62. The van der Waals surface area contributed by atoms with Crippen molar-refractivity contribution in [3.8, 4) is 17.2 Å². The van der Waals surface area contributed by atoms with Crippen LogP contribution in [0.1, 0.15) is 49.0 Å². The number of benzene rings is 2. The van der Waals surface area contributed by atoms with Gasteiger partial charge in [-0.3, -0.25) is 4.79 Å². The van der Waals surface area contributed by atoms with Gasteiger partial charge in [0.15, 0.2) is 0 Å². The van der Waals surface area contributed by atoms with Crippen LogP contribution in [0.3, 0.4) is 0 Å². The van der Waals surface area contributed by atoms with Crippen LogP contribution in [-0.2, 0) is 6.42 Å². The van der Waals surface area contributed by atoms with Crippen molar-refractivity contribution in [1.29, 1.82) is 0 Å². The number of methoxy groups -OCH3 is 1. The number of allylic oxidation sites excluding steroid dienone is 1. The van der Waals surface area contributed by atoms with E-state index in [1.54, 1.807) is 26.2 Å². The van der Waals surface area contributed by atoms with Gasteiger partial charge in [-0.15, -0.1) is 0 Å². The van der Waals surface area contributed by atoms with E-state index in [0.29, 0.717) is 36.6 Å². The average molecular weight is 398 g/mol. The van der Waals surface area contributed by atoms with Crippen molar-refractivity contribution in [2.24, 2.45) is 0 Å². The van der Waals surface area contributed by atoms with E-state index in [1.807, 2.05) is 30.3 Å². The van der Waals surface area contributed by atoms with Crippen LogP contribution in [-0.4, -0.2) is 26.2 Å². The molecular weight excluding hydrogens is 366 g/mol. The van der Waals surface area contributed by atoms with Gasteiger partial charge in [0.05, 0.1) is 19.5 Å². The molecule has 0 fully saturated rings. The average Bonchev–Trinajstić information content (AvgIpc) is 2.71. The van der Waals surface area contributed by atoms with Crippen molar-refractivity contribution in [2.45, 2.75) is 39.5 Å². The van der Waals surface area contributed by atoms with Crippen LogP contribution < -0.4 is 19.5 Å². The molecule has 1 amide bonds. The highest BCUT2D eigenvalue weighted by molar-refractivity contribution is 5.94. The lowest BCUT2D eigenvalue weighted by Gasteiger charge is -2.12. The van der Waals surface area contributed by atoms with Crippen molar-refractivity contribution in [1.82, 2.24) is 5.32 Å². The second kappa shape index (κ2) is 11.8. The second-order valence-electron chi connectivity index (χ2n) is 6.87. The fourth-order valence-electron chi connectivity index (χ4n) is 2.88. The molecule has 2 aromatic rings. The summed E-state index contributed by atoms with van der Waals surface area (Å²) in [7, 11) is 1.62. The van der Waals surface area contributed by atoms with Crippen LogP contribution in [0, 0.1) is 0 Å². The SMILES string of the molecule is C=C(C)Oc1ccc(CCNC(=O)c2cccc(OCCCCC)c2)c(OC)c1. The molecule has 0 saturated carbocycles. The van der Waals surface area contributed by atoms with Gasteiger partial charge in [-0.25, -0.2) is 0 Å². The smallest absolute Gasteiger partial charge is 0.251 e. The van der Waals surface area contributed by atoms with E-state index in [-0.39, 0.29) is 5.91 Å². The Bertz CT molecular complexity index is 816. The maximum atomic E-state index is 12.5. The van der Waals surface area contributed by atoms with Gasteiger partial charge in [0.25, 0.3) is 5.91 Å². The highest BCUT2D eigenvalue weighted by Crippen LogP contribution is 2.26. The summed E-state index contributed by atoms with van der Waals surface area (Å²) in [5, 5.41) is 2.95. The zero-order valence-corrected chi connectivity index (χ0v) is 17.6. The third-order valence-corrected chi connectivity index (χ3v) is 4.34. The van der Waals surface area contributed by atoms with E-state index in [4.69, 9.17) is 14.2 Å². The fraction of sp³-hybridized carbons (Fsp3) is 0.375. The molecule has 0 aromatic heterocycles. The highest BCUT2D eigenvalue weighted by Gasteiger charge is 2.09. The first kappa shape index (κ1) is 22.3. The van der Waals surface area contributed by atoms with E-state index in [2.05, 4.69) is 18.8 Å². The first-order chi connectivity index (χ1) is 14.0. The third-order valence-electron chi connectivity index (χ3n) is 4.34. The molecule has 0 saturated heterocycles. The molecule has 0 aliphatic carbocycles. The molecule has 0 heterocycles. The van der Waals surface area contributed by atoms with E-state index >= 15 is 0 Å². The lowest BCUT2D eigenvalue weighted by atomic mass is 10.1. The van der Waals surface area contributed by atoms with E-state index < -0.39 is 0 Å². The molecular formula is C24H31NO4. The molecule has 2 rings (SSSR count). The minimum atomic E-state index is -0.120. The molecule has 2 aromatic carbocycles. The predicted octanol–water partition coefficient (Wildman–Crippen LogP) is 5.15. The summed E-state index contributed by atoms with van der Waals surface area (Å²) >= 11 is 0. The maximum absolute atomic E-state index is 12.5. The van der Waals surface area contributed by atoms with E-state index in [1.165, 1.54) is 0 Å². The van der Waals surface area contributed by atoms with Crippen molar-refractivity contribution >= 4 is 5.91 Å². The number of unbranched alkanes of at least 4 members (excludes halogenated alkanes) is 2.